The summed E-state index contributed by atoms with van der Waals surface area (Å²) in [6.45, 7) is 4.70. The van der Waals surface area contributed by atoms with Crippen molar-refractivity contribution < 1.29 is 14.1 Å². The predicted octanol–water partition coefficient (Wildman–Crippen LogP) is 3.70. The third kappa shape index (κ3) is 4.91. The van der Waals surface area contributed by atoms with Crippen molar-refractivity contribution in [2.75, 3.05) is 25.4 Å². The molecule has 0 radical (unpaired) electrons. The van der Waals surface area contributed by atoms with Gasteiger partial charge in [-0.1, -0.05) is 40.7 Å². The van der Waals surface area contributed by atoms with Gasteiger partial charge in [-0.05, 0) is 30.5 Å². The lowest BCUT2D eigenvalue weighted by atomic mass is 9.97. The van der Waals surface area contributed by atoms with Gasteiger partial charge in [-0.3, -0.25) is 14.4 Å². The van der Waals surface area contributed by atoms with Crippen molar-refractivity contribution >= 4 is 29.8 Å². The number of ether oxygens (including phenoxy) is 1. The van der Waals surface area contributed by atoms with Crippen LogP contribution in [0.25, 0.3) is 22.6 Å². The molecule has 10 nitrogen and oxygen atoms in total. The van der Waals surface area contributed by atoms with E-state index in [1.54, 1.807) is 29.7 Å². The number of halogens is 1. The van der Waals surface area contributed by atoms with Gasteiger partial charge in [0.2, 0.25) is 0 Å². The number of thioether (sulfide) groups is 1. The van der Waals surface area contributed by atoms with Gasteiger partial charge in [0, 0.05) is 51.1 Å². The van der Waals surface area contributed by atoms with Gasteiger partial charge in [-0.2, -0.15) is 5.10 Å². The summed E-state index contributed by atoms with van der Waals surface area (Å²) in [5.74, 6) is 2.25. The minimum Gasteiger partial charge on any atom is -0.458 e. The number of hydrogen-bond donors (Lipinski definition) is 0. The molecule has 4 aromatic rings. The average Bonchev–Trinajstić information content (AvgIpc) is 3.52. The maximum atomic E-state index is 11.3. The number of aryl methyl sites for hydroxylation is 2. The fourth-order valence-corrected chi connectivity index (χ4v) is 5.49. The molecule has 0 fully saturated rings. The third-order valence-electron chi connectivity index (χ3n) is 6.34. The van der Waals surface area contributed by atoms with E-state index in [1.165, 1.54) is 0 Å². The number of benzene rings is 1. The topological polar surface area (TPSA) is 104 Å². The van der Waals surface area contributed by atoms with Crippen molar-refractivity contribution in [1.29, 1.82) is 0 Å². The Morgan fingerprint density at radius 1 is 1.28 bits per heavy atom. The molecule has 12 heteroatoms. The van der Waals surface area contributed by atoms with Crippen LogP contribution in [0.1, 0.15) is 23.0 Å². The molecule has 0 amide bonds. The van der Waals surface area contributed by atoms with Crippen molar-refractivity contribution in [3.63, 3.8) is 0 Å². The van der Waals surface area contributed by atoms with Gasteiger partial charge >= 0.3 is 0 Å². The SMILES string of the molecule is Cc1cc(-c2ccc3c(c2)CCN(CCSc2nnc(-c4cnn(C)c4Cl)n2C)CC3OC=O)no1. The number of carbonyl (C=O) groups excluding carboxylic acids is 1. The quantitative estimate of drug-likeness (QED) is 0.250. The lowest BCUT2D eigenvalue weighted by molar-refractivity contribution is -0.134. The van der Waals surface area contributed by atoms with E-state index in [2.05, 4.69) is 31.4 Å². The van der Waals surface area contributed by atoms with Crippen LogP contribution in [0.2, 0.25) is 5.15 Å². The van der Waals surface area contributed by atoms with Crippen molar-refractivity contribution in [3.05, 3.63) is 52.5 Å². The molecule has 0 bridgehead atoms. The highest BCUT2D eigenvalue weighted by Gasteiger charge is 2.25. The normalized spacial score (nSPS) is 16.1. The summed E-state index contributed by atoms with van der Waals surface area (Å²) in [6.07, 6.45) is 2.21. The molecule has 0 saturated heterocycles. The Morgan fingerprint density at radius 3 is 2.86 bits per heavy atom. The summed E-state index contributed by atoms with van der Waals surface area (Å²) in [5.41, 5.74) is 4.73. The van der Waals surface area contributed by atoms with Crippen molar-refractivity contribution in [3.8, 4) is 22.6 Å². The van der Waals surface area contributed by atoms with Gasteiger partial charge in [0.25, 0.3) is 6.47 Å². The standard InChI is InChI=1S/C24H26ClN7O3S/c1-15-10-20(29-35-15)17-4-5-18-16(11-17)6-7-32(13-21(18)34-14-33)8-9-36-24-28-27-23(30(24)2)19-12-26-31(3)22(19)25/h4-5,10-12,14,21H,6-9,13H2,1-3H3. The molecule has 1 unspecified atom stereocenters. The highest BCUT2D eigenvalue weighted by Crippen LogP contribution is 2.31. The summed E-state index contributed by atoms with van der Waals surface area (Å²) in [6, 6.07) is 8.08. The Bertz CT molecular complexity index is 1380. The second kappa shape index (κ2) is 10.5. The van der Waals surface area contributed by atoms with E-state index in [0.717, 1.165) is 64.1 Å². The third-order valence-corrected chi connectivity index (χ3v) is 7.78. The van der Waals surface area contributed by atoms with Crippen LogP contribution in [0.15, 0.2) is 40.1 Å². The summed E-state index contributed by atoms with van der Waals surface area (Å²) < 4.78 is 14.3. The van der Waals surface area contributed by atoms with E-state index < -0.39 is 0 Å². The first-order valence-electron chi connectivity index (χ1n) is 11.5. The lowest BCUT2D eigenvalue weighted by Crippen LogP contribution is -2.31. The number of carbonyl (C=O) groups is 1. The minimum atomic E-state index is -0.327. The van der Waals surface area contributed by atoms with Crippen molar-refractivity contribution in [1.82, 2.24) is 34.6 Å². The maximum Gasteiger partial charge on any atom is 0.293 e. The number of fused-ring (bicyclic) bond motifs is 1. The van der Waals surface area contributed by atoms with Gasteiger partial charge in [0.1, 0.15) is 22.7 Å². The zero-order chi connectivity index (χ0) is 25.2. The summed E-state index contributed by atoms with van der Waals surface area (Å²) >= 11 is 7.95. The highest BCUT2D eigenvalue weighted by atomic mass is 35.5. The molecule has 4 heterocycles. The zero-order valence-electron chi connectivity index (χ0n) is 20.2. The van der Waals surface area contributed by atoms with Crippen molar-refractivity contribution in [2.45, 2.75) is 24.6 Å². The van der Waals surface area contributed by atoms with Crippen LogP contribution >= 0.6 is 23.4 Å². The first kappa shape index (κ1) is 24.5. The fraction of sp³-hybridized carbons (Fsp3) is 0.375. The van der Waals surface area contributed by atoms with Crippen LogP contribution in [0, 0.1) is 6.92 Å². The molecule has 1 aromatic carbocycles. The Balaban J connectivity index is 1.26. The van der Waals surface area contributed by atoms with E-state index in [1.807, 2.05) is 36.7 Å². The Hall–Kier alpha value is -3.15. The molecule has 188 valence electrons. The molecule has 1 aliphatic rings. The molecule has 0 saturated carbocycles. The van der Waals surface area contributed by atoms with Crippen LogP contribution in [-0.4, -0.2) is 66.5 Å². The van der Waals surface area contributed by atoms with E-state index in [9.17, 15) is 4.79 Å². The molecular formula is C24H26ClN7O3S. The molecule has 1 atom stereocenters. The second-order valence-corrected chi connectivity index (χ2v) is 10.1. The van der Waals surface area contributed by atoms with E-state index in [4.69, 9.17) is 20.9 Å². The van der Waals surface area contributed by atoms with Gasteiger partial charge in [0.15, 0.2) is 11.0 Å². The van der Waals surface area contributed by atoms with Crippen molar-refractivity contribution in [2.24, 2.45) is 14.1 Å². The Morgan fingerprint density at radius 2 is 2.14 bits per heavy atom. The molecule has 0 aliphatic carbocycles. The number of aromatic nitrogens is 6. The fourth-order valence-electron chi connectivity index (χ4n) is 4.40. The number of hydrogen-bond acceptors (Lipinski definition) is 9. The lowest BCUT2D eigenvalue weighted by Gasteiger charge is -2.23. The van der Waals surface area contributed by atoms with Crippen LogP contribution in [0.5, 0.6) is 0 Å². The summed E-state index contributed by atoms with van der Waals surface area (Å²) in [4.78, 5) is 13.6. The molecule has 5 rings (SSSR count). The monoisotopic (exact) mass is 527 g/mol. The molecule has 1 aliphatic heterocycles. The van der Waals surface area contributed by atoms with Crippen LogP contribution in [-0.2, 0) is 30.0 Å². The average molecular weight is 528 g/mol. The van der Waals surface area contributed by atoms with Gasteiger partial charge in [0.05, 0.1) is 11.8 Å². The van der Waals surface area contributed by atoms with Crippen LogP contribution in [0.3, 0.4) is 0 Å². The first-order valence-corrected chi connectivity index (χ1v) is 12.9. The molecule has 0 spiro atoms. The molecule has 0 N–H and O–H groups in total. The van der Waals surface area contributed by atoms with E-state index in [0.29, 0.717) is 24.0 Å². The Kier molecular flexibility index (Phi) is 7.13. The van der Waals surface area contributed by atoms with E-state index in [-0.39, 0.29) is 6.10 Å². The number of rotatable bonds is 8. The molecular weight excluding hydrogens is 502 g/mol. The van der Waals surface area contributed by atoms with Gasteiger partial charge in [-0.25, -0.2) is 0 Å². The van der Waals surface area contributed by atoms with Gasteiger partial charge in [-0.15, -0.1) is 10.2 Å². The molecule has 36 heavy (non-hydrogen) atoms. The Labute approximate surface area is 217 Å². The smallest absolute Gasteiger partial charge is 0.293 e. The second-order valence-electron chi connectivity index (χ2n) is 8.69. The van der Waals surface area contributed by atoms with E-state index >= 15 is 0 Å². The summed E-state index contributed by atoms with van der Waals surface area (Å²) in [7, 11) is 3.71. The van der Waals surface area contributed by atoms with Crippen LogP contribution in [0.4, 0.5) is 0 Å². The first-order chi connectivity index (χ1) is 17.4. The highest BCUT2D eigenvalue weighted by molar-refractivity contribution is 7.99. The molecule has 3 aromatic heterocycles. The number of nitrogens with zero attached hydrogens (tertiary/aromatic N) is 7. The van der Waals surface area contributed by atoms with Crippen LogP contribution < -0.4 is 0 Å². The largest absolute Gasteiger partial charge is 0.458 e. The maximum absolute atomic E-state index is 11.3. The van der Waals surface area contributed by atoms with Gasteiger partial charge < -0.3 is 13.8 Å². The summed E-state index contributed by atoms with van der Waals surface area (Å²) in [5, 5.41) is 18.3. The minimum absolute atomic E-state index is 0.327. The predicted molar refractivity (Wildman–Crippen MR) is 136 cm³/mol. The zero-order valence-corrected chi connectivity index (χ0v) is 21.8.